The van der Waals surface area contributed by atoms with Crippen molar-refractivity contribution in [2.45, 2.75) is 63.7 Å². The van der Waals surface area contributed by atoms with E-state index in [1.165, 1.54) is 56.3 Å². The molecule has 2 saturated carbocycles. The first-order valence-electron chi connectivity index (χ1n) is 7.85. The van der Waals surface area contributed by atoms with Crippen molar-refractivity contribution in [2.24, 2.45) is 12.5 Å². The van der Waals surface area contributed by atoms with Crippen LogP contribution in [0.25, 0.3) is 0 Å². The van der Waals surface area contributed by atoms with Crippen molar-refractivity contribution in [2.75, 3.05) is 0 Å². The minimum atomic E-state index is 0.386. The van der Waals surface area contributed by atoms with E-state index in [0.717, 1.165) is 5.92 Å². The summed E-state index contributed by atoms with van der Waals surface area (Å²) < 4.78 is 2.13. The van der Waals surface area contributed by atoms with Gasteiger partial charge in [-0.25, -0.2) is 0 Å². The Morgan fingerprint density at radius 2 is 2.21 bits per heavy atom. The normalized spacial score (nSPS) is 30.7. The number of allylic oxidation sites excluding steroid dienone is 1. The van der Waals surface area contributed by atoms with Crippen molar-refractivity contribution in [1.82, 2.24) is 9.78 Å². The van der Waals surface area contributed by atoms with Crippen LogP contribution in [-0.2, 0) is 7.05 Å². The van der Waals surface area contributed by atoms with Gasteiger partial charge in [0.05, 0.1) is 5.69 Å². The Morgan fingerprint density at radius 1 is 1.42 bits per heavy atom. The zero-order chi connectivity index (χ0) is 13.5. The van der Waals surface area contributed by atoms with E-state index < -0.39 is 0 Å². The molecule has 2 fully saturated rings. The second-order valence-electron chi connectivity index (χ2n) is 6.65. The van der Waals surface area contributed by atoms with Gasteiger partial charge in [-0.1, -0.05) is 19.4 Å². The van der Waals surface area contributed by atoms with Crippen LogP contribution < -0.4 is 0 Å². The molecular formula is C17H26N2. The standard InChI is InChI=1S/C17H26N2/c1-4-9-17(5-2)10-8-14(12-17)15-11-16(13-6-7-13)19(3)18-15/h5,11,13-14H,2,4,6-10,12H2,1,3H3. The molecule has 2 nitrogen and oxygen atoms in total. The van der Waals surface area contributed by atoms with Gasteiger partial charge in [0.1, 0.15) is 0 Å². The number of nitrogens with zero attached hydrogens (tertiary/aromatic N) is 2. The van der Waals surface area contributed by atoms with Crippen LogP contribution in [0, 0.1) is 5.41 Å². The third kappa shape index (κ3) is 2.37. The number of aromatic nitrogens is 2. The molecular weight excluding hydrogens is 232 g/mol. The fraction of sp³-hybridized carbons (Fsp3) is 0.706. The van der Waals surface area contributed by atoms with Crippen LogP contribution in [0.3, 0.4) is 0 Å². The van der Waals surface area contributed by atoms with E-state index in [4.69, 9.17) is 5.10 Å². The highest BCUT2D eigenvalue weighted by Gasteiger charge is 2.38. The second kappa shape index (κ2) is 4.81. The first-order valence-corrected chi connectivity index (χ1v) is 7.85. The predicted octanol–water partition coefficient (Wildman–Crippen LogP) is 4.54. The summed E-state index contributed by atoms with van der Waals surface area (Å²) >= 11 is 0. The minimum absolute atomic E-state index is 0.386. The fourth-order valence-corrected chi connectivity index (χ4v) is 3.89. The molecule has 2 atom stereocenters. The third-order valence-corrected chi connectivity index (χ3v) is 5.17. The molecule has 0 aliphatic heterocycles. The van der Waals surface area contributed by atoms with E-state index in [2.05, 4.69) is 37.4 Å². The molecule has 0 radical (unpaired) electrons. The van der Waals surface area contributed by atoms with E-state index in [0.29, 0.717) is 11.3 Å². The van der Waals surface area contributed by atoms with Crippen LogP contribution >= 0.6 is 0 Å². The van der Waals surface area contributed by atoms with E-state index in [1.807, 2.05) is 0 Å². The molecule has 1 aromatic rings. The molecule has 0 spiro atoms. The maximum atomic E-state index is 4.80. The van der Waals surface area contributed by atoms with Gasteiger partial charge in [-0.15, -0.1) is 6.58 Å². The number of rotatable bonds is 5. The monoisotopic (exact) mass is 258 g/mol. The number of hydrogen-bond acceptors (Lipinski definition) is 1. The first kappa shape index (κ1) is 13.0. The third-order valence-electron chi connectivity index (χ3n) is 5.17. The minimum Gasteiger partial charge on any atom is -0.272 e. The molecule has 2 heteroatoms. The zero-order valence-electron chi connectivity index (χ0n) is 12.4. The Balaban J connectivity index is 1.76. The molecule has 1 heterocycles. The smallest absolute Gasteiger partial charge is 0.0658 e. The van der Waals surface area contributed by atoms with Crippen LogP contribution in [0.4, 0.5) is 0 Å². The predicted molar refractivity (Wildman–Crippen MR) is 79.3 cm³/mol. The molecule has 1 aromatic heterocycles. The van der Waals surface area contributed by atoms with Gasteiger partial charge in [-0.3, -0.25) is 4.68 Å². The SMILES string of the molecule is C=CC1(CCC)CCC(c2cc(C3CC3)n(C)n2)C1. The van der Waals surface area contributed by atoms with Crippen molar-refractivity contribution >= 4 is 0 Å². The van der Waals surface area contributed by atoms with Crippen LogP contribution in [0.2, 0.25) is 0 Å². The summed E-state index contributed by atoms with van der Waals surface area (Å²) in [6, 6.07) is 2.38. The Morgan fingerprint density at radius 3 is 2.84 bits per heavy atom. The zero-order valence-corrected chi connectivity index (χ0v) is 12.4. The highest BCUT2D eigenvalue weighted by atomic mass is 15.3. The van der Waals surface area contributed by atoms with E-state index in [1.54, 1.807) is 0 Å². The molecule has 0 N–H and O–H groups in total. The van der Waals surface area contributed by atoms with Gasteiger partial charge in [0.25, 0.3) is 0 Å². The Labute approximate surface area is 116 Å². The molecule has 0 aromatic carbocycles. The maximum absolute atomic E-state index is 4.80. The van der Waals surface area contributed by atoms with E-state index in [9.17, 15) is 0 Å². The van der Waals surface area contributed by atoms with Crippen molar-refractivity contribution in [3.63, 3.8) is 0 Å². The molecule has 2 aliphatic rings. The molecule has 0 saturated heterocycles. The average Bonchev–Trinajstić information content (AvgIpc) is 3.04. The molecule has 2 aliphatic carbocycles. The van der Waals surface area contributed by atoms with Gasteiger partial charge < -0.3 is 0 Å². The van der Waals surface area contributed by atoms with Crippen LogP contribution in [-0.4, -0.2) is 9.78 Å². The summed E-state index contributed by atoms with van der Waals surface area (Å²) in [7, 11) is 2.11. The largest absolute Gasteiger partial charge is 0.272 e. The highest BCUT2D eigenvalue weighted by Crippen LogP contribution is 2.50. The molecule has 2 unspecified atom stereocenters. The summed E-state index contributed by atoms with van der Waals surface area (Å²) in [5, 5.41) is 4.80. The lowest BCUT2D eigenvalue weighted by atomic mass is 9.81. The van der Waals surface area contributed by atoms with Gasteiger partial charge in [0.15, 0.2) is 0 Å². The summed E-state index contributed by atoms with van der Waals surface area (Å²) in [4.78, 5) is 0. The maximum Gasteiger partial charge on any atom is 0.0658 e. The molecule has 19 heavy (non-hydrogen) atoms. The fourth-order valence-electron chi connectivity index (χ4n) is 3.89. The quantitative estimate of drug-likeness (QED) is 0.709. The molecule has 3 rings (SSSR count). The van der Waals surface area contributed by atoms with Crippen LogP contribution in [0.1, 0.15) is 75.1 Å². The summed E-state index contributed by atoms with van der Waals surface area (Å²) in [5.74, 6) is 1.45. The van der Waals surface area contributed by atoms with Crippen molar-refractivity contribution in [1.29, 1.82) is 0 Å². The number of aryl methyl sites for hydroxylation is 1. The van der Waals surface area contributed by atoms with Crippen molar-refractivity contribution < 1.29 is 0 Å². The van der Waals surface area contributed by atoms with Crippen LogP contribution in [0.15, 0.2) is 18.7 Å². The van der Waals surface area contributed by atoms with E-state index >= 15 is 0 Å². The average molecular weight is 258 g/mol. The second-order valence-corrected chi connectivity index (χ2v) is 6.65. The lowest BCUT2D eigenvalue weighted by Crippen LogP contribution is -2.12. The van der Waals surface area contributed by atoms with Gasteiger partial charge in [-0.2, -0.15) is 5.10 Å². The Bertz CT molecular complexity index is 470. The number of hydrogen-bond donors (Lipinski definition) is 0. The van der Waals surface area contributed by atoms with Crippen molar-refractivity contribution in [3.8, 4) is 0 Å². The molecule has 0 bridgehead atoms. The summed E-state index contributed by atoms with van der Waals surface area (Å²) in [6.07, 6.45) is 11.3. The summed E-state index contributed by atoms with van der Waals surface area (Å²) in [6.45, 7) is 6.38. The van der Waals surface area contributed by atoms with Gasteiger partial charge >= 0.3 is 0 Å². The molecule has 104 valence electrons. The Hall–Kier alpha value is -1.05. The van der Waals surface area contributed by atoms with Gasteiger partial charge in [0.2, 0.25) is 0 Å². The van der Waals surface area contributed by atoms with Gasteiger partial charge in [0, 0.05) is 24.6 Å². The van der Waals surface area contributed by atoms with Crippen LogP contribution in [0.5, 0.6) is 0 Å². The highest BCUT2D eigenvalue weighted by molar-refractivity contribution is 5.23. The van der Waals surface area contributed by atoms with E-state index in [-0.39, 0.29) is 0 Å². The lowest BCUT2D eigenvalue weighted by Gasteiger charge is -2.24. The Kier molecular flexibility index (Phi) is 3.28. The van der Waals surface area contributed by atoms with Crippen molar-refractivity contribution in [3.05, 3.63) is 30.1 Å². The lowest BCUT2D eigenvalue weighted by molar-refractivity contribution is 0.354. The van der Waals surface area contributed by atoms with Gasteiger partial charge in [-0.05, 0) is 50.0 Å². The summed E-state index contributed by atoms with van der Waals surface area (Å²) in [5.41, 5.74) is 3.18. The topological polar surface area (TPSA) is 17.8 Å². The first-order chi connectivity index (χ1) is 9.17. The molecule has 0 amide bonds.